The van der Waals surface area contributed by atoms with Gasteiger partial charge in [0.25, 0.3) is 5.69 Å². The molecule has 1 unspecified atom stereocenters. The molecule has 116 valence electrons. The summed E-state index contributed by atoms with van der Waals surface area (Å²) in [5.74, 6) is 0. The number of ether oxygens (including phenoxy) is 1. The molecule has 1 amide bonds. The van der Waals surface area contributed by atoms with Crippen LogP contribution in [0.3, 0.4) is 0 Å². The number of amides is 1. The van der Waals surface area contributed by atoms with Crippen LogP contribution in [-0.4, -0.2) is 23.2 Å². The summed E-state index contributed by atoms with van der Waals surface area (Å²) in [6.07, 6.45) is -0.716. The molecule has 0 aliphatic rings. The van der Waals surface area contributed by atoms with E-state index in [1.807, 2.05) is 0 Å². The zero-order valence-corrected chi connectivity index (χ0v) is 12.8. The predicted molar refractivity (Wildman–Crippen MR) is 79.3 cm³/mol. The summed E-state index contributed by atoms with van der Waals surface area (Å²) in [6, 6.07) is 3.46. The van der Waals surface area contributed by atoms with E-state index in [0.717, 1.165) is 0 Å². The van der Waals surface area contributed by atoms with Crippen LogP contribution >= 0.6 is 11.6 Å². The van der Waals surface area contributed by atoms with E-state index in [-0.39, 0.29) is 22.8 Å². The lowest BCUT2D eigenvalue weighted by atomic mass is 10.0. The lowest BCUT2D eigenvalue weighted by Crippen LogP contribution is -2.38. The third-order valence-electron chi connectivity index (χ3n) is 2.50. The second-order valence-electron chi connectivity index (χ2n) is 5.36. The lowest BCUT2D eigenvalue weighted by Gasteiger charge is -2.23. The Labute approximate surface area is 127 Å². The number of hydrogen-bond acceptors (Lipinski definition) is 5. The summed E-state index contributed by atoms with van der Waals surface area (Å²) < 4.78 is 5.11. The van der Waals surface area contributed by atoms with E-state index < -0.39 is 22.7 Å². The number of benzene rings is 1. The van der Waals surface area contributed by atoms with Crippen molar-refractivity contribution in [3.63, 3.8) is 0 Å². The van der Waals surface area contributed by atoms with Gasteiger partial charge in [-0.05, 0) is 26.8 Å². The van der Waals surface area contributed by atoms with Crippen LogP contribution in [0.15, 0.2) is 18.2 Å². The van der Waals surface area contributed by atoms with Gasteiger partial charge in [-0.2, -0.15) is 0 Å². The Hall–Kier alpha value is -1.86. The van der Waals surface area contributed by atoms with Crippen molar-refractivity contribution in [2.75, 3.05) is 6.54 Å². The molecule has 0 saturated carbocycles. The zero-order valence-electron chi connectivity index (χ0n) is 12.1. The molecule has 0 fully saturated rings. The Balaban J connectivity index is 3.06. The molecular weight excluding hydrogens is 298 g/mol. The Morgan fingerprint density at radius 1 is 1.52 bits per heavy atom. The Kier molecular flexibility index (Phi) is 5.51. The Morgan fingerprint density at radius 3 is 2.62 bits per heavy atom. The number of nitrogens with two attached hydrogens (primary N) is 1. The maximum Gasteiger partial charge on any atom is 0.408 e. The molecule has 1 rings (SSSR count). The van der Waals surface area contributed by atoms with E-state index in [0.29, 0.717) is 0 Å². The molecule has 1 atom stereocenters. The molecule has 8 heteroatoms. The largest absolute Gasteiger partial charge is 0.444 e. The number of carbonyl (C=O) groups excluding carboxylic acids is 1. The van der Waals surface area contributed by atoms with Crippen molar-refractivity contribution in [2.45, 2.75) is 32.4 Å². The summed E-state index contributed by atoms with van der Waals surface area (Å²) in [5.41, 5.74) is 4.88. The summed E-state index contributed by atoms with van der Waals surface area (Å²) in [6.45, 7) is 5.08. The van der Waals surface area contributed by atoms with E-state index in [1.165, 1.54) is 18.2 Å². The molecule has 0 spiro atoms. The highest BCUT2D eigenvalue weighted by molar-refractivity contribution is 6.31. The lowest BCUT2D eigenvalue weighted by molar-refractivity contribution is -0.385. The summed E-state index contributed by atoms with van der Waals surface area (Å²) in [5, 5.41) is 13.7. The van der Waals surface area contributed by atoms with E-state index in [2.05, 4.69) is 5.32 Å². The van der Waals surface area contributed by atoms with E-state index in [9.17, 15) is 14.9 Å². The van der Waals surface area contributed by atoms with Gasteiger partial charge in [-0.3, -0.25) is 10.1 Å². The molecule has 0 radical (unpaired) electrons. The first kappa shape index (κ1) is 17.2. The topological polar surface area (TPSA) is 107 Å². The fraction of sp³-hybridized carbons (Fsp3) is 0.462. The third-order valence-corrected chi connectivity index (χ3v) is 2.83. The SMILES string of the molecule is CC(C)(C)OC(=O)NC(CN)c1c(Cl)cccc1[N+](=O)[O-]. The van der Waals surface area contributed by atoms with Gasteiger partial charge in [0, 0.05) is 12.6 Å². The summed E-state index contributed by atoms with van der Waals surface area (Å²) in [4.78, 5) is 22.3. The fourth-order valence-electron chi connectivity index (χ4n) is 1.73. The van der Waals surface area contributed by atoms with Crippen LogP contribution in [0.4, 0.5) is 10.5 Å². The molecule has 0 aliphatic heterocycles. The second kappa shape index (κ2) is 6.73. The quantitative estimate of drug-likeness (QED) is 0.656. The molecule has 7 nitrogen and oxygen atoms in total. The van der Waals surface area contributed by atoms with Gasteiger partial charge in [0.2, 0.25) is 0 Å². The number of carbonyl (C=O) groups is 1. The summed E-state index contributed by atoms with van der Waals surface area (Å²) >= 11 is 6.01. The minimum atomic E-state index is -0.811. The highest BCUT2D eigenvalue weighted by Crippen LogP contribution is 2.31. The Bertz CT molecular complexity index is 543. The standard InChI is InChI=1S/C13H18ClN3O4/c1-13(2,3)21-12(18)16-9(7-15)11-8(14)5-4-6-10(11)17(19)20/h4-6,9H,7,15H2,1-3H3,(H,16,18). The zero-order chi connectivity index (χ0) is 16.2. The van der Waals surface area contributed by atoms with Crippen LogP contribution in [0.2, 0.25) is 5.02 Å². The van der Waals surface area contributed by atoms with Gasteiger partial charge < -0.3 is 15.8 Å². The van der Waals surface area contributed by atoms with E-state index in [4.69, 9.17) is 22.1 Å². The maximum absolute atomic E-state index is 11.8. The molecule has 3 N–H and O–H groups in total. The minimum Gasteiger partial charge on any atom is -0.444 e. The smallest absolute Gasteiger partial charge is 0.408 e. The molecule has 0 heterocycles. The minimum absolute atomic E-state index is 0.0518. The first-order chi connectivity index (χ1) is 9.65. The van der Waals surface area contributed by atoms with E-state index in [1.54, 1.807) is 20.8 Å². The first-order valence-electron chi connectivity index (χ1n) is 6.28. The van der Waals surface area contributed by atoms with Crippen molar-refractivity contribution in [1.82, 2.24) is 5.32 Å². The highest BCUT2D eigenvalue weighted by atomic mass is 35.5. The maximum atomic E-state index is 11.8. The fourth-order valence-corrected chi connectivity index (χ4v) is 2.03. The molecule has 0 aliphatic carbocycles. The molecule has 0 aromatic heterocycles. The van der Waals surface area contributed by atoms with Crippen LogP contribution in [-0.2, 0) is 4.74 Å². The molecule has 21 heavy (non-hydrogen) atoms. The number of hydrogen-bond donors (Lipinski definition) is 2. The molecule has 1 aromatic carbocycles. The number of nitrogens with zero attached hydrogens (tertiary/aromatic N) is 1. The van der Waals surface area contributed by atoms with Crippen molar-refractivity contribution >= 4 is 23.4 Å². The number of alkyl carbamates (subject to hydrolysis) is 1. The normalized spacial score (nSPS) is 12.6. The van der Waals surface area contributed by atoms with Gasteiger partial charge in [0.1, 0.15) is 5.60 Å². The van der Waals surface area contributed by atoms with Crippen LogP contribution in [0.1, 0.15) is 32.4 Å². The van der Waals surface area contributed by atoms with Crippen LogP contribution < -0.4 is 11.1 Å². The van der Waals surface area contributed by atoms with Gasteiger partial charge in [-0.15, -0.1) is 0 Å². The van der Waals surface area contributed by atoms with Crippen molar-refractivity contribution in [1.29, 1.82) is 0 Å². The molecule has 1 aromatic rings. The van der Waals surface area contributed by atoms with Crippen molar-refractivity contribution in [2.24, 2.45) is 5.73 Å². The monoisotopic (exact) mass is 315 g/mol. The predicted octanol–water partition coefficient (Wildman–Crippen LogP) is 2.77. The number of rotatable bonds is 4. The van der Waals surface area contributed by atoms with Crippen LogP contribution in [0.5, 0.6) is 0 Å². The number of nitro benzene ring substituents is 1. The van der Waals surface area contributed by atoms with Gasteiger partial charge in [-0.25, -0.2) is 4.79 Å². The summed E-state index contributed by atoms with van der Waals surface area (Å²) in [7, 11) is 0. The van der Waals surface area contributed by atoms with Crippen molar-refractivity contribution in [3.05, 3.63) is 38.9 Å². The van der Waals surface area contributed by atoms with Crippen LogP contribution in [0, 0.1) is 10.1 Å². The number of nitro groups is 1. The molecule has 0 saturated heterocycles. The first-order valence-corrected chi connectivity index (χ1v) is 6.66. The highest BCUT2D eigenvalue weighted by Gasteiger charge is 2.27. The molecular formula is C13H18ClN3O4. The van der Waals surface area contributed by atoms with Crippen molar-refractivity contribution in [3.8, 4) is 0 Å². The van der Waals surface area contributed by atoms with Crippen molar-refractivity contribution < 1.29 is 14.5 Å². The van der Waals surface area contributed by atoms with E-state index >= 15 is 0 Å². The van der Waals surface area contributed by atoms with Gasteiger partial charge in [-0.1, -0.05) is 17.7 Å². The third kappa shape index (κ3) is 4.87. The number of halogens is 1. The van der Waals surface area contributed by atoms with Gasteiger partial charge in [0.05, 0.1) is 21.6 Å². The Morgan fingerprint density at radius 2 is 2.14 bits per heavy atom. The second-order valence-corrected chi connectivity index (χ2v) is 5.77. The molecule has 0 bridgehead atoms. The van der Waals surface area contributed by atoms with Gasteiger partial charge in [0.15, 0.2) is 0 Å². The van der Waals surface area contributed by atoms with Gasteiger partial charge >= 0.3 is 6.09 Å². The average Bonchev–Trinajstić information content (AvgIpc) is 2.33. The van der Waals surface area contributed by atoms with Crippen LogP contribution in [0.25, 0.3) is 0 Å². The number of nitrogens with one attached hydrogen (secondary N) is 1. The average molecular weight is 316 g/mol.